The van der Waals surface area contributed by atoms with E-state index in [1.807, 2.05) is 0 Å². The third-order valence-electron chi connectivity index (χ3n) is 2.21. The topological polar surface area (TPSA) is 101 Å². The first-order valence-corrected chi connectivity index (χ1v) is 6.79. The summed E-state index contributed by atoms with van der Waals surface area (Å²) in [4.78, 5) is 7.65. The first kappa shape index (κ1) is 12.8. The summed E-state index contributed by atoms with van der Waals surface area (Å²) in [6.45, 7) is 3.21. The van der Waals surface area contributed by atoms with Crippen LogP contribution in [0.1, 0.15) is 11.4 Å². The summed E-state index contributed by atoms with van der Waals surface area (Å²) in [5.41, 5.74) is 0.819. The maximum Gasteiger partial charge on any atom is 0.266 e. The van der Waals surface area contributed by atoms with Gasteiger partial charge in [-0.1, -0.05) is 11.6 Å². The van der Waals surface area contributed by atoms with E-state index in [1.54, 1.807) is 13.8 Å². The highest BCUT2D eigenvalue weighted by Crippen LogP contribution is 2.22. The first-order chi connectivity index (χ1) is 8.42. The molecule has 2 aromatic rings. The molecule has 0 aromatic carbocycles. The van der Waals surface area contributed by atoms with Crippen molar-refractivity contribution in [2.24, 2.45) is 0 Å². The maximum absolute atomic E-state index is 12.2. The van der Waals surface area contributed by atoms with Gasteiger partial charge in [0.05, 0.1) is 11.4 Å². The lowest BCUT2D eigenvalue weighted by Gasteiger charge is -2.07. The average molecular weight is 288 g/mol. The predicted molar refractivity (Wildman–Crippen MR) is 65.9 cm³/mol. The molecule has 0 unspecified atom stereocenters. The fourth-order valence-electron chi connectivity index (χ4n) is 1.50. The van der Waals surface area contributed by atoms with Gasteiger partial charge in [-0.25, -0.2) is 18.4 Å². The van der Waals surface area contributed by atoms with Gasteiger partial charge in [0.15, 0.2) is 11.0 Å². The van der Waals surface area contributed by atoms with E-state index < -0.39 is 10.0 Å². The Bertz CT molecular complexity index is 663. The number of nitrogens with zero attached hydrogens (tertiary/aromatic N) is 3. The van der Waals surface area contributed by atoms with Gasteiger partial charge < -0.3 is 0 Å². The Kier molecular flexibility index (Phi) is 3.22. The van der Waals surface area contributed by atoms with Gasteiger partial charge in [-0.15, -0.1) is 0 Å². The van der Waals surface area contributed by atoms with Crippen molar-refractivity contribution in [2.45, 2.75) is 18.7 Å². The molecule has 0 amide bonds. The Morgan fingerprint density at radius 1 is 1.28 bits per heavy atom. The zero-order chi connectivity index (χ0) is 13.3. The minimum Gasteiger partial charge on any atom is -0.281 e. The van der Waals surface area contributed by atoms with E-state index in [4.69, 9.17) is 11.6 Å². The third kappa shape index (κ3) is 2.29. The summed E-state index contributed by atoms with van der Waals surface area (Å²) >= 11 is 5.75. The zero-order valence-electron chi connectivity index (χ0n) is 9.60. The summed E-state index contributed by atoms with van der Waals surface area (Å²) < 4.78 is 26.6. The van der Waals surface area contributed by atoms with Crippen LogP contribution in [0.2, 0.25) is 5.15 Å². The monoisotopic (exact) mass is 287 g/mol. The van der Waals surface area contributed by atoms with Crippen LogP contribution in [0, 0.1) is 13.8 Å². The van der Waals surface area contributed by atoms with Crippen LogP contribution in [-0.4, -0.2) is 28.6 Å². The Hall–Kier alpha value is -1.67. The summed E-state index contributed by atoms with van der Waals surface area (Å²) in [6, 6.07) is 0. The predicted octanol–water partition coefficient (Wildman–Crippen LogP) is 1.27. The number of sulfonamides is 1. The summed E-state index contributed by atoms with van der Waals surface area (Å²) in [5, 5.41) is 6.42. The zero-order valence-corrected chi connectivity index (χ0v) is 11.2. The number of aryl methyl sites for hydroxylation is 2. The molecule has 0 aliphatic rings. The number of halogens is 1. The fraction of sp³-hybridized carbons (Fsp3) is 0.222. The molecule has 0 atom stereocenters. The van der Waals surface area contributed by atoms with Crippen molar-refractivity contribution in [3.63, 3.8) is 0 Å². The smallest absolute Gasteiger partial charge is 0.266 e. The van der Waals surface area contributed by atoms with Crippen LogP contribution in [0.4, 0.5) is 5.82 Å². The molecule has 0 aliphatic carbocycles. The largest absolute Gasteiger partial charge is 0.281 e. The maximum atomic E-state index is 12.2. The Labute approximate surface area is 109 Å². The molecule has 2 N–H and O–H groups in total. The Morgan fingerprint density at radius 2 is 1.94 bits per heavy atom. The molecule has 0 fully saturated rings. The standard InChI is InChI=1S/C9H10ClN5O2S/c1-5-7(6(2)14-13-5)18(16,17)15-9-8(10)11-3-4-12-9/h3-4H,1-2H3,(H,12,15)(H,13,14). The normalized spacial score (nSPS) is 11.5. The second-order valence-corrected chi connectivity index (χ2v) is 5.54. The molecule has 0 spiro atoms. The highest BCUT2D eigenvalue weighted by molar-refractivity contribution is 7.92. The van der Waals surface area contributed by atoms with Crippen molar-refractivity contribution in [3.8, 4) is 0 Å². The van der Waals surface area contributed by atoms with Gasteiger partial charge in [-0.05, 0) is 13.8 Å². The van der Waals surface area contributed by atoms with Gasteiger partial charge in [-0.3, -0.25) is 9.82 Å². The molecule has 2 rings (SSSR count). The lowest BCUT2D eigenvalue weighted by molar-refractivity contribution is 0.600. The van der Waals surface area contributed by atoms with E-state index in [-0.39, 0.29) is 15.9 Å². The molecule has 0 saturated carbocycles. The molecule has 0 saturated heterocycles. The van der Waals surface area contributed by atoms with E-state index in [0.717, 1.165) is 0 Å². The molecule has 2 heterocycles. The number of hydrogen-bond acceptors (Lipinski definition) is 5. The van der Waals surface area contributed by atoms with E-state index in [9.17, 15) is 8.42 Å². The van der Waals surface area contributed by atoms with Crippen LogP contribution >= 0.6 is 11.6 Å². The number of anilines is 1. The molecule has 0 aliphatic heterocycles. The molecule has 2 aromatic heterocycles. The van der Waals surface area contributed by atoms with Gasteiger partial charge in [0.25, 0.3) is 10.0 Å². The van der Waals surface area contributed by atoms with Crippen molar-refractivity contribution in [1.29, 1.82) is 0 Å². The van der Waals surface area contributed by atoms with E-state index >= 15 is 0 Å². The van der Waals surface area contributed by atoms with Gasteiger partial charge in [-0.2, -0.15) is 5.10 Å². The van der Waals surface area contributed by atoms with Crippen molar-refractivity contribution in [1.82, 2.24) is 20.2 Å². The van der Waals surface area contributed by atoms with Crippen LogP contribution < -0.4 is 4.72 Å². The molecule has 9 heteroatoms. The number of aromatic amines is 1. The lowest BCUT2D eigenvalue weighted by Crippen LogP contribution is -2.16. The van der Waals surface area contributed by atoms with Crippen LogP contribution in [0.3, 0.4) is 0 Å². The molecule has 96 valence electrons. The minimum atomic E-state index is -3.78. The number of nitrogens with one attached hydrogen (secondary N) is 2. The Morgan fingerprint density at radius 3 is 2.50 bits per heavy atom. The van der Waals surface area contributed by atoms with E-state index in [0.29, 0.717) is 11.4 Å². The highest BCUT2D eigenvalue weighted by atomic mass is 35.5. The summed E-state index contributed by atoms with van der Waals surface area (Å²) in [6.07, 6.45) is 2.72. The van der Waals surface area contributed by atoms with Crippen molar-refractivity contribution >= 4 is 27.4 Å². The second kappa shape index (κ2) is 4.54. The number of rotatable bonds is 3. The SMILES string of the molecule is Cc1n[nH]c(C)c1S(=O)(=O)Nc1nccnc1Cl. The van der Waals surface area contributed by atoms with Crippen molar-refractivity contribution in [3.05, 3.63) is 28.9 Å². The van der Waals surface area contributed by atoms with Crippen LogP contribution in [0.5, 0.6) is 0 Å². The summed E-state index contributed by atoms with van der Waals surface area (Å²) in [5.74, 6) is -0.0147. The highest BCUT2D eigenvalue weighted by Gasteiger charge is 2.23. The van der Waals surface area contributed by atoms with Crippen LogP contribution in [0.25, 0.3) is 0 Å². The molecular formula is C9H10ClN5O2S. The number of hydrogen-bond donors (Lipinski definition) is 2. The van der Waals surface area contributed by atoms with Gasteiger partial charge in [0.2, 0.25) is 0 Å². The second-order valence-electron chi connectivity index (χ2n) is 3.56. The van der Waals surface area contributed by atoms with Gasteiger partial charge >= 0.3 is 0 Å². The average Bonchev–Trinajstić information content (AvgIpc) is 2.62. The van der Waals surface area contributed by atoms with Crippen molar-refractivity contribution < 1.29 is 8.42 Å². The fourth-order valence-corrected chi connectivity index (χ4v) is 3.10. The molecular weight excluding hydrogens is 278 g/mol. The molecule has 18 heavy (non-hydrogen) atoms. The lowest BCUT2D eigenvalue weighted by atomic mass is 10.4. The van der Waals surface area contributed by atoms with Gasteiger partial charge in [0.1, 0.15) is 4.90 Å². The minimum absolute atomic E-state index is 0.0140. The third-order valence-corrected chi connectivity index (χ3v) is 4.09. The number of aromatic nitrogens is 4. The first-order valence-electron chi connectivity index (χ1n) is 4.92. The van der Waals surface area contributed by atoms with E-state index in [2.05, 4.69) is 24.9 Å². The van der Waals surface area contributed by atoms with Crippen LogP contribution in [-0.2, 0) is 10.0 Å². The quantitative estimate of drug-likeness (QED) is 0.885. The molecule has 7 nitrogen and oxygen atoms in total. The van der Waals surface area contributed by atoms with Crippen molar-refractivity contribution in [2.75, 3.05) is 4.72 Å². The Balaban J connectivity index is 2.43. The van der Waals surface area contributed by atoms with E-state index in [1.165, 1.54) is 12.4 Å². The van der Waals surface area contributed by atoms with Gasteiger partial charge in [0, 0.05) is 12.4 Å². The molecule has 0 bridgehead atoms. The molecule has 0 radical (unpaired) electrons. The summed E-state index contributed by atoms with van der Waals surface area (Å²) in [7, 11) is -3.78. The number of H-pyrrole nitrogens is 1. The van der Waals surface area contributed by atoms with Crippen LogP contribution in [0.15, 0.2) is 17.3 Å².